The average molecular weight is 591 g/mol. The molecule has 4 atom stereocenters. The second-order valence-corrected chi connectivity index (χ2v) is 12.5. The zero-order chi connectivity index (χ0) is 29.0. The average Bonchev–Trinajstić information content (AvgIpc) is 2.89. The summed E-state index contributed by atoms with van der Waals surface area (Å²) in [5.41, 5.74) is 8.15. The molecule has 0 spiro atoms. The highest BCUT2D eigenvalue weighted by atomic mass is 35.5. The van der Waals surface area contributed by atoms with Crippen molar-refractivity contribution < 1.29 is 22.0 Å². The van der Waals surface area contributed by atoms with E-state index in [0.717, 1.165) is 0 Å². The van der Waals surface area contributed by atoms with Crippen molar-refractivity contribution in [3.05, 3.63) is 100 Å². The number of benzene rings is 3. The van der Waals surface area contributed by atoms with Crippen LogP contribution in [0.15, 0.2) is 66.7 Å². The Bertz CT molecular complexity index is 1460. The number of hydrogen-bond donors (Lipinski definition) is 3. The normalized spacial score (nSPS) is 19.6. The van der Waals surface area contributed by atoms with Gasteiger partial charge in [0.15, 0.2) is 0 Å². The Morgan fingerprint density at radius 1 is 1.10 bits per heavy atom. The molecule has 214 valence electrons. The molecule has 0 aromatic heterocycles. The van der Waals surface area contributed by atoms with Gasteiger partial charge in [0.05, 0.1) is 12.3 Å². The van der Waals surface area contributed by atoms with Crippen LogP contribution in [0.3, 0.4) is 0 Å². The van der Waals surface area contributed by atoms with Crippen molar-refractivity contribution >= 4 is 33.2 Å². The molecule has 3 aromatic rings. The Hall–Kier alpha value is -2.89. The second-order valence-electron chi connectivity index (χ2n) is 10.2. The maximum Gasteiger partial charge on any atom is 0.242 e. The minimum atomic E-state index is -3.47. The topological polar surface area (TPSA) is 105 Å². The molecule has 1 heterocycles. The second kappa shape index (κ2) is 12.7. The van der Waals surface area contributed by atoms with E-state index in [1.54, 1.807) is 42.5 Å². The lowest BCUT2D eigenvalue weighted by Crippen LogP contribution is -2.58. The van der Waals surface area contributed by atoms with Crippen molar-refractivity contribution in [3.8, 4) is 0 Å². The molecule has 0 saturated carbocycles. The predicted molar refractivity (Wildman–Crippen MR) is 154 cm³/mol. The van der Waals surface area contributed by atoms with Crippen LogP contribution in [-0.4, -0.2) is 56.1 Å². The maximum absolute atomic E-state index is 15.1. The van der Waals surface area contributed by atoms with Gasteiger partial charge in [0, 0.05) is 47.4 Å². The van der Waals surface area contributed by atoms with Gasteiger partial charge in [0.2, 0.25) is 15.9 Å². The first-order valence-corrected chi connectivity index (χ1v) is 15.2. The van der Waals surface area contributed by atoms with Gasteiger partial charge >= 0.3 is 0 Å². The zero-order valence-electron chi connectivity index (χ0n) is 22.3. The molecule has 1 aliphatic rings. The van der Waals surface area contributed by atoms with Crippen LogP contribution in [0.25, 0.3) is 0 Å². The summed E-state index contributed by atoms with van der Waals surface area (Å²) in [6.07, 6.45) is 1.71. The van der Waals surface area contributed by atoms with Gasteiger partial charge in [0.25, 0.3) is 0 Å². The Morgan fingerprint density at radius 2 is 1.80 bits per heavy atom. The van der Waals surface area contributed by atoms with Gasteiger partial charge in [-0.1, -0.05) is 41.9 Å². The van der Waals surface area contributed by atoms with E-state index in [-0.39, 0.29) is 29.8 Å². The standard InChI is InChI=1S/C29H33ClF2N4O3S/c1-18-16-34-17-23(36(18)40(2,38)39)13-14-24-25(32)7-4-8-26(24)35-29(37)28(33)27(19-9-11-21(30)12-10-19)20-5-3-6-22(31)15-20/h3-12,15,18,23,27-28,34H,13-14,16-17,33H2,1-2H3,(H,35,37)/t18-,23-,27-,28-/m0/s1. The smallest absolute Gasteiger partial charge is 0.242 e. The number of carbonyl (C=O) groups excluding carboxylic acids is 1. The van der Waals surface area contributed by atoms with Gasteiger partial charge in [-0.05, 0) is 67.3 Å². The Morgan fingerprint density at radius 3 is 2.48 bits per heavy atom. The largest absolute Gasteiger partial charge is 0.324 e. The lowest BCUT2D eigenvalue weighted by molar-refractivity contribution is -0.117. The third-order valence-corrected chi connectivity index (χ3v) is 8.88. The van der Waals surface area contributed by atoms with E-state index in [1.165, 1.54) is 34.8 Å². The van der Waals surface area contributed by atoms with Crippen LogP contribution in [0.5, 0.6) is 0 Å². The highest BCUT2D eigenvalue weighted by Crippen LogP contribution is 2.31. The number of hydrogen-bond acceptors (Lipinski definition) is 5. The van der Waals surface area contributed by atoms with E-state index in [1.807, 2.05) is 6.92 Å². The molecule has 1 aliphatic heterocycles. The molecule has 4 N–H and O–H groups in total. The van der Waals surface area contributed by atoms with Gasteiger partial charge in [-0.2, -0.15) is 4.31 Å². The number of piperazine rings is 1. The highest BCUT2D eigenvalue weighted by molar-refractivity contribution is 7.88. The van der Waals surface area contributed by atoms with Crippen LogP contribution in [0.2, 0.25) is 5.02 Å². The third-order valence-electron chi connectivity index (χ3n) is 7.20. The fourth-order valence-corrected chi connectivity index (χ4v) is 6.99. The van der Waals surface area contributed by atoms with Crippen LogP contribution in [0, 0.1) is 11.6 Å². The molecule has 11 heteroatoms. The molecular weight excluding hydrogens is 558 g/mol. The van der Waals surface area contributed by atoms with Crippen molar-refractivity contribution in [2.24, 2.45) is 5.73 Å². The molecule has 40 heavy (non-hydrogen) atoms. The van der Waals surface area contributed by atoms with E-state index in [9.17, 15) is 17.6 Å². The first-order chi connectivity index (χ1) is 19.0. The molecular formula is C29H33ClF2N4O3S. The van der Waals surface area contributed by atoms with E-state index < -0.39 is 39.5 Å². The molecule has 1 saturated heterocycles. The van der Waals surface area contributed by atoms with Crippen molar-refractivity contribution in [2.45, 2.75) is 43.8 Å². The van der Waals surface area contributed by atoms with Gasteiger partial charge in [0.1, 0.15) is 11.6 Å². The number of rotatable bonds is 9. The first-order valence-electron chi connectivity index (χ1n) is 13.0. The van der Waals surface area contributed by atoms with Crippen LogP contribution >= 0.6 is 11.6 Å². The minimum Gasteiger partial charge on any atom is -0.324 e. The molecule has 3 aromatic carbocycles. The molecule has 0 bridgehead atoms. The monoisotopic (exact) mass is 590 g/mol. The van der Waals surface area contributed by atoms with E-state index in [4.69, 9.17) is 17.3 Å². The summed E-state index contributed by atoms with van der Waals surface area (Å²) in [6, 6.07) is 15.3. The van der Waals surface area contributed by atoms with Gasteiger partial charge < -0.3 is 16.4 Å². The van der Waals surface area contributed by atoms with Crippen LogP contribution in [0.1, 0.15) is 36.0 Å². The molecule has 0 unspecified atom stereocenters. The predicted octanol–water partition coefficient (Wildman–Crippen LogP) is 4.27. The molecule has 0 aliphatic carbocycles. The number of nitrogens with one attached hydrogen (secondary N) is 2. The summed E-state index contributed by atoms with van der Waals surface area (Å²) in [4.78, 5) is 13.5. The lowest BCUT2D eigenvalue weighted by Gasteiger charge is -2.39. The van der Waals surface area contributed by atoms with Crippen molar-refractivity contribution in [1.29, 1.82) is 0 Å². The number of sulfonamides is 1. The van der Waals surface area contributed by atoms with Crippen molar-refractivity contribution in [1.82, 2.24) is 9.62 Å². The molecule has 0 radical (unpaired) electrons. The Labute approximate surface area is 238 Å². The quantitative estimate of drug-likeness (QED) is 0.345. The Balaban J connectivity index is 1.58. The maximum atomic E-state index is 15.1. The minimum absolute atomic E-state index is 0.188. The number of nitrogens with two attached hydrogens (primary N) is 1. The van der Waals surface area contributed by atoms with E-state index in [2.05, 4.69) is 10.6 Å². The summed E-state index contributed by atoms with van der Waals surface area (Å²) in [5, 5.41) is 6.49. The fourth-order valence-electron chi connectivity index (χ4n) is 5.41. The SMILES string of the molecule is C[C@H]1CNC[C@H](CCc2c(F)cccc2NC(=O)[C@@H](N)[C@@H](c2ccc(Cl)cc2)c2cccc(F)c2)N1S(C)(=O)=O. The van der Waals surface area contributed by atoms with Crippen LogP contribution in [-0.2, 0) is 21.2 Å². The number of nitrogens with zero attached hydrogens (tertiary/aromatic N) is 1. The van der Waals surface area contributed by atoms with E-state index in [0.29, 0.717) is 35.7 Å². The van der Waals surface area contributed by atoms with Crippen LogP contribution in [0.4, 0.5) is 14.5 Å². The summed E-state index contributed by atoms with van der Waals surface area (Å²) >= 11 is 6.05. The van der Waals surface area contributed by atoms with E-state index >= 15 is 4.39 Å². The van der Waals surface area contributed by atoms with Crippen LogP contribution < -0.4 is 16.4 Å². The van der Waals surface area contributed by atoms with Gasteiger partial charge in [-0.25, -0.2) is 17.2 Å². The number of amides is 1. The molecule has 1 amide bonds. The van der Waals surface area contributed by atoms with Gasteiger partial charge in [-0.15, -0.1) is 0 Å². The van der Waals surface area contributed by atoms with Crippen molar-refractivity contribution in [2.75, 3.05) is 24.7 Å². The third kappa shape index (κ3) is 7.05. The summed E-state index contributed by atoms with van der Waals surface area (Å²) in [6.45, 7) is 2.80. The summed E-state index contributed by atoms with van der Waals surface area (Å²) in [7, 11) is -3.47. The number of anilines is 1. The zero-order valence-corrected chi connectivity index (χ0v) is 23.9. The molecule has 4 rings (SSSR count). The fraction of sp³-hybridized carbons (Fsp3) is 0.345. The Kier molecular flexibility index (Phi) is 9.58. The number of carbonyl (C=O) groups is 1. The highest BCUT2D eigenvalue weighted by Gasteiger charge is 2.34. The molecule has 1 fully saturated rings. The summed E-state index contributed by atoms with van der Waals surface area (Å²) < 4.78 is 55.5. The lowest BCUT2D eigenvalue weighted by atomic mass is 9.85. The first kappa shape index (κ1) is 30.1. The molecule has 7 nitrogen and oxygen atoms in total. The van der Waals surface area contributed by atoms with Gasteiger partial charge in [-0.3, -0.25) is 4.79 Å². The van der Waals surface area contributed by atoms with Crippen molar-refractivity contribution in [3.63, 3.8) is 0 Å². The summed E-state index contributed by atoms with van der Waals surface area (Å²) in [5.74, 6) is -2.27. The number of halogens is 3.